The van der Waals surface area contributed by atoms with E-state index in [9.17, 15) is 13.2 Å². The highest BCUT2D eigenvalue weighted by Crippen LogP contribution is 2.28. The van der Waals surface area contributed by atoms with Crippen LogP contribution in [-0.2, 0) is 14.8 Å². The van der Waals surface area contributed by atoms with E-state index in [1.54, 1.807) is 43.3 Å². The highest BCUT2D eigenvalue weighted by Gasteiger charge is 2.28. The summed E-state index contributed by atoms with van der Waals surface area (Å²) in [4.78, 5) is 14.5. The fourth-order valence-corrected chi connectivity index (χ4v) is 4.26. The summed E-state index contributed by atoms with van der Waals surface area (Å²) in [7, 11) is -0.110. The summed E-state index contributed by atoms with van der Waals surface area (Å²) in [5.41, 5.74) is 1.09. The monoisotopic (exact) mass is 409 g/mol. The predicted octanol–water partition coefficient (Wildman–Crippen LogP) is 2.52. The lowest BCUT2D eigenvalue weighted by Gasteiger charge is -2.26. The van der Waals surface area contributed by atoms with E-state index in [0.29, 0.717) is 29.4 Å². The van der Waals surface area contributed by atoms with Crippen LogP contribution in [0.1, 0.15) is 5.56 Å². The zero-order valence-electron chi connectivity index (χ0n) is 15.6. The Morgan fingerprint density at radius 1 is 1.11 bits per heavy atom. The number of sulfonamides is 1. The van der Waals surface area contributed by atoms with Gasteiger partial charge in [0.25, 0.3) is 10.0 Å². The molecule has 0 atom stereocenters. The average molecular weight is 410 g/mol. The summed E-state index contributed by atoms with van der Waals surface area (Å²) in [6.45, 7) is 2.55. The van der Waals surface area contributed by atoms with Gasteiger partial charge in [0.15, 0.2) is 0 Å². The minimum Gasteiger partial charge on any atom is -0.353 e. The van der Waals surface area contributed by atoms with Crippen molar-refractivity contribution in [1.29, 1.82) is 0 Å². The number of benzene rings is 2. The Morgan fingerprint density at radius 3 is 2.37 bits per heavy atom. The number of carbonyl (C=O) groups excluding carboxylic acids is 1. The number of anilines is 1. The summed E-state index contributed by atoms with van der Waals surface area (Å²) in [5.74, 6) is -0.370. The Balaban J connectivity index is 2.36. The summed E-state index contributed by atoms with van der Waals surface area (Å²) >= 11 is 6.00. The number of rotatable bonds is 8. The summed E-state index contributed by atoms with van der Waals surface area (Å²) in [6, 6.07) is 13.0. The maximum atomic E-state index is 13.2. The van der Waals surface area contributed by atoms with Crippen molar-refractivity contribution < 1.29 is 13.2 Å². The molecule has 6 nitrogen and oxygen atoms in total. The van der Waals surface area contributed by atoms with Crippen molar-refractivity contribution in [2.45, 2.75) is 11.8 Å². The molecule has 0 unspecified atom stereocenters. The van der Waals surface area contributed by atoms with Gasteiger partial charge in [-0.15, -0.1) is 0 Å². The Bertz CT molecular complexity index is 886. The molecule has 0 spiro atoms. The van der Waals surface area contributed by atoms with E-state index in [4.69, 9.17) is 11.6 Å². The first-order chi connectivity index (χ1) is 12.7. The van der Waals surface area contributed by atoms with Gasteiger partial charge in [0.1, 0.15) is 6.54 Å². The summed E-state index contributed by atoms with van der Waals surface area (Å²) in [5, 5.41) is 3.26. The van der Waals surface area contributed by atoms with Gasteiger partial charge in [-0.2, -0.15) is 0 Å². The third kappa shape index (κ3) is 5.69. The van der Waals surface area contributed by atoms with Crippen LogP contribution in [-0.4, -0.2) is 53.0 Å². The van der Waals surface area contributed by atoms with Crippen LogP contribution in [0.3, 0.4) is 0 Å². The Labute approximate surface area is 165 Å². The van der Waals surface area contributed by atoms with Crippen molar-refractivity contribution in [2.75, 3.05) is 38.0 Å². The van der Waals surface area contributed by atoms with Crippen LogP contribution in [0, 0.1) is 6.92 Å². The van der Waals surface area contributed by atoms with E-state index < -0.39 is 10.0 Å². The SMILES string of the molecule is Cc1cc(Cl)ccc1N(CC(=O)NCCN(C)C)S(=O)(=O)c1ccccc1. The lowest BCUT2D eigenvalue weighted by Crippen LogP contribution is -2.42. The summed E-state index contributed by atoms with van der Waals surface area (Å²) in [6.07, 6.45) is 0. The molecule has 27 heavy (non-hydrogen) atoms. The molecular formula is C19H24ClN3O3S. The van der Waals surface area contributed by atoms with Gasteiger partial charge in [0.05, 0.1) is 10.6 Å². The quantitative estimate of drug-likeness (QED) is 0.727. The number of hydrogen-bond acceptors (Lipinski definition) is 4. The maximum Gasteiger partial charge on any atom is 0.264 e. The molecule has 0 heterocycles. The Hall–Kier alpha value is -2.09. The largest absolute Gasteiger partial charge is 0.353 e. The van der Waals surface area contributed by atoms with Crippen molar-refractivity contribution in [3.8, 4) is 0 Å². The molecular weight excluding hydrogens is 386 g/mol. The fourth-order valence-electron chi connectivity index (χ4n) is 2.52. The zero-order chi connectivity index (χ0) is 20.0. The number of likely N-dealkylation sites (N-methyl/N-ethyl adjacent to an activating group) is 1. The van der Waals surface area contributed by atoms with Crippen molar-refractivity contribution >= 4 is 33.2 Å². The maximum absolute atomic E-state index is 13.2. The zero-order valence-corrected chi connectivity index (χ0v) is 17.2. The Kier molecular flexibility index (Phi) is 7.24. The highest BCUT2D eigenvalue weighted by atomic mass is 35.5. The topological polar surface area (TPSA) is 69.7 Å². The van der Waals surface area contributed by atoms with E-state index in [-0.39, 0.29) is 17.3 Å². The molecule has 146 valence electrons. The van der Waals surface area contributed by atoms with Crippen LogP contribution < -0.4 is 9.62 Å². The molecule has 2 rings (SSSR count). The van der Waals surface area contributed by atoms with Gasteiger partial charge in [-0.05, 0) is 56.9 Å². The molecule has 1 amide bonds. The minimum atomic E-state index is -3.91. The third-order valence-electron chi connectivity index (χ3n) is 3.93. The van der Waals surface area contributed by atoms with E-state index >= 15 is 0 Å². The molecule has 0 aliphatic rings. The number of halogens is 1. The predicted molar refractivity (Wildman–Crippen MR) is 109 cm³/mol. The van der Waals surface area contributed by atoms with Crippen LogP contribution >= 0.6 is 11.6 Å². The summed E-state index contributed by atoms with van der Waals surface area (Å²) < 4.78 is 27.5. The van der Waals surface area contributed by atoms with Crippen LogP contribution in [0.15, 0.2) is 53.4 Å². The molecule has 0 fully saturated rings. The van der Waals surface area contributed by atoms with Gasteiger partial charge < -0.3 is 10.2 Å². The van der Waals surface area contributed by atoms with Gasteiger partial charge in [-0.25, -0.2) is 8.42 Å². The van der Waals surface area contributed by atoms with Crippen molar-refractivity contribution in [3.63, 3.8) is 0 Å². The molecule has 0 saturated carbocycles. The molecule has 0 aliphatic heterocycles. The molecule has 0 aliphatic carbocycles. The number of aryl methyl sites for hydroxylation is 1. The van der Waals surface area contributed by atoms with Crippen LogP contribution in [0.25, 0.3) is 0 Å². The van der Waals surface area contributed by atoms with Crippen LogP contribution in [0.4, 0.5) is 5.69 Å². The molecule has 0 bridgehead atoms. The number of amides is 1. The smallest absolute Gasteiger partial charge is 0.264 e. The van der Waals surface area contributed by atoms with Gasteiger partial charge in [0, 0.05) is 18.1 Å². The second-order valence-electron chi connectivity index (χ2n) is 6.41. The molecule has 1 N–H and O–H groups in total. The van der Waals surface area contributed by atoms with E-state index in [1.165, 1.54) is 12.1 Å². The minimum absolute atomic E-state index is 0.125. The highest BCUT2D eigenvalue weighted by molar-refractivity contribution is 7.92. The first kappa shape index (κ1) is 21.2. The Morgan fingerprint density at radius 2 is 1.78 bits per heavy atom. The van der Waals surface area contributed by atoms with E-state index in [1.807, 2.05) is 19.0 Å². The first-order valence-electron chi connectivity index (χ1n) is 8.47. The van der Waals surface area contributed by atoms with E-state index in [0.717, 1.165) is 4.31 Å². The molecule has 0 saturated heterocycles. The first-order valence-corrected chi connectivity index (χ1v) is 10.3. The second kappa shape index (κ2) is 9.21. The van der Waals surface area contributed by atoms with Crippen LogP contribution in [0.5, 0.6) is 0 Å². The molecule has 0 aromatic heterocycles. The van der Waals surface area contributed by atoms with Gasteiger partial charge in [0.2, 0.25) is 5.91 Å². The number of hydrogen-bond donors (Lipinski definition) is 1. The molecule has 8 heteroatoms. The second-order valence-corrected chi connectivity index (χ2v) is 8.71. The standard InChI is InChI=1S/C19H24ClN3O3S/c1-15-13-16(20)9-10-18(15)23(14-19(24)21-11-12-22(2)3)27(25,26)17-7-5-4-6-8-17/h4-10,13H,11-12,14H2,1-3H3,(H,21,24). The lowest BCUT2D eigenvalue weighted by atomic mass is 10.2. The number of nitrogens with zero attached hydrogens (tertiary/aromatic N) is 2. The normalized spacial score (nSPS) is 11.4. The lowest BCUT2D eigenvalue weighted by molar-refractivity contribution is -0.119. The average Bonchev–Trinajstić information content (AvgIpc) is 2.60. The fraction of sp³-hybridized carbons (Fsp3) is 0.316. The van der Waals surface area contributed by atoms with Crippen molar-refractivity contribution in [1.82, 2.24) is 10.2 Å². The van der Waals surface area contributed by atoms with Crippen molar-refractivity contribution in [3.05, 3.63) is 59.1 Å². The number of carbonyl (C=O) groups is 1. The van der Waals surface area contributed by atoms with E-state index in [2.05, 4.69) is 5.32 Å². The van der Waals surface area contributed by atoms with Crippen LogP contribution in [0.2, 0.25) is 5.02 Å². The third-order valence-corrected chi connectivity index (χ3v) is 5.94. The van der Waals surface area contributed by atoms with Gasteiger partial charge in [-0.3, -0.25) is 9.10 Å². The number of nitrogens with one attached hydrogen (secondary N) is 1. The molecule has 2 aromatic rings. The molecule has 2 aromatic carbocycles. The van der Waals surface area contributed by atoms with Gasteiger partial charge >= 0.3 is 0 Å². The van der Waals surface area contributed by atoms with Crippen molar-refractivity contribution in [2.24, 2.45) is 0 Å². The van der Waals surface area contributed by atoms with Gasteiger partial charge in [-0.1, -0.05) is 29.8 Å². The molecule has 0 radical (unpaired) electrons.